The van der Waals surface area contributed by atoms with Crippen LogP contribution in [0.3, 0.4) is 0 Å². The number of hydrogen-bond acceptors (Lipinski definition) is 5. The first kappa shape index (κ1) is 19.2. The van der Waals surface area contributed by atoms with Crippen molar-refractivity contribution in [3.63, 3.8) is 0 Å². The van der Waals surface area contributed by atoms with Gasteiger partial charge in [0.2, 0.25) is 5.95 Å². The molecule has 0 bridgehead atoms. The van der Waals surface area contributed by atoms with Crippen LogP contribution in [0.2, 0.25) is 0 Å². The number of aromatic nitrogens is 2. The predicted octanol–water partition coefficient (Wildman–Crippen LogP) is 3.75. The number of rotatable bonds is 6. The number of nitrogens with one attached hydrogen (secondary N) is 1. The maximum atomic E-state index is 4.70. The second kappa shape index (κ2) is 8.48. The molecule has 1 aromatic heterocycles. The summed E-state index contributed by atoms with van der Waals surface area (Å²) < 4.78 is 0. The highest BCUT2D eigenvalue weighted by Gasteiger charge is 2.41. The number of hydrogen-bond donors (Lipinski definition) is 1. The van der Waals surface area contributed by atoms with E-state index in [9.17, 15) is 0 Å². The topological polar surface area (TPSA) is 44.3 Å². The van der Waals surface area contributed by atoms with Crippen LogP contribution in [0.25, 0.3) is 0 Å². The van der Waals surface area contributed by atoms with E-state index < -0.39 is 0 Å². The molecule has 2 saturated heterocycles. The summed E-state index contributed by atoms with van der Waals surface area (Å²) in [7, 11) is 1.89. The van der Waals surface area contributed by atoms with E-state index in [1.165, 1.54) is 57.3 Å². The summed E-state index contributed by atoms with van der Waals surface area (Å²) in [6.07, 6.45) is 6.38. The van der Waals surface area contributed by atoms with Gasteiger partial charge in [0.25, 0.3) is 0 Å². The number of aryl methyl sites for hydroxylation is 2. The van der Waals surface area contributed by atoms with Gasteiger partial charge >= 0.3 is 0 Å². The van der Waals surface area contributed by atoms with Gasteiger partial charge in [0.15, 0.2) is 0 Å². The maximum absolute atomic E-state index is 4.70. The molecule has 2 aliphatic rings. The molecular weight excluding hydrogens is 346 g/mol. The second-order valence-electron chi connectivity index (χ2n) is 8.58. The fourth-order valence-corrected chi connectivity index (χ4v) is 4.94. The Morgan fingerprint density at radius 2 is 1.93 bits per heavy atom. The Kier molecular flexibility index (Phi) is 5.81. The van der Waals surface area contributed by atoms with E-state index in [4.69, 9.17) is 4.98 Å². The summed E-state index contributed by atoms with van der Waals surface area (Å²) >= 11 is 0. The Morgan fingerprint density at radius 1 is 1.07 bits per heavy atom. The van der Waals surface area contributed by atoms with E-state index in [1.54, 1.807) is 0 Å². The van der Waals surface area contributed by atoms with Gasteiger partial charge in [-0.25, -0.2) is 4.98 Å². The lowest BCUT2D eigenvalue weighted by Gasteiger charge is -2.40. The molecule has 4 rings (SSSR count). The lowest BCUT2D eigenvalue weighted by atomic mass is 9.79. The highest BCUT2D eigenvalue weighted by atomic mass is 15.3. The lowest BCUT2D eigenvalue weighted by Crippen LogP contribution is -2.45. The molecule has 2 fully saturated rings. The summed E-state index contributed by atoms with van der Waals surface area (Å²) in [6.45, 7) is 7.99. The van der Waals surface area contributed by atoms with E-state index in [0.29, 0.717) is 5.41 Å². The van der Waals surface area contributed by atoms with Crippen molar-refractivity contribution in [2.45, 2.75) is 39.0 Å². The molecule has 0 amide bonds. The molecule has 0 unspecified atom stereocenters. The summed E-state index contributed by atoms with van der Waals surface area (Å²) in [4.78, 5) is 14.3. The van der Waals surface area contributed by atoms with Gasteiger partial charge < -0.3 is 15.1 Å². The third kappa shape index (κ3) is 4.46. The van der Waals surface area contributed by atoms with Gasteiger partial charge in [-0.2, -0.15) is 4.98 Å². The molecule has 2 aromatic rings. The predicted molar refractivity (Wildman–Crippen MR) is 116 cm³/mol. The van der Waals surface area contributed by atoms with Crippen LogP contribution in [-0.2, 0) is 6.42 Å². The average Bonchev–Trinajstić information content (AvgIpc) is 3.11. The summed E-state index contributed by atoms with van der Waals surface area (Å²) in [5, 5.41) is 3.09. The molecule has 0 aliphatic carbocycles. The Hall–Kier alpha value is -2.14. The number of likely N-dealkylation sites (tertiary alicyclic amines) is 1. The SMILES string of the molecule is CNc1nc(C)cc(N2CC[C@@]3(CCCN(CCCc4ccccc4)C3)C2)n1. The first-order valence-corrected chi connectivity index (χ1v) is 10.7. The van der Waals surface area contributed by atoms with Crippen molar-refractivity contribution in [1.29, 1.82) is 0 Å². The minimum Gasteiger partial charge on any atom is -0.357 e. The van der Waals surface area contributed by atoms with Crippen LogP contribution in [-0.4, -0.2) is 54.6 Å². The van der Waals surface area contributed by atoms with Crippen molar-refractivity contribution < 1.29 is 0 Å². The summed E-state index contributed by atoms with van der Waals surface area (Å²) in [5.41, 5.74) is 2.92. The highest BCUT2D eigenvalue weighted by Crippen LogP contribution is 2.40. The Labute approximate surface area is 169 Å². The van der Waals surface area contributed by atoms with E-state index in [-0.39, 0.29) is 0 Å². The molecule has 5 nitrogen and oxygen atoms in total. The van der Waals surface area contributed by atoms with Crippen LogP contribution in [0.1, 0.15) is 36.9 Å². The van der Waals surface area contributed by atoms with E-state index in [0.717, 1.165) is 30.5 Å². The zero-order chi connectivity index (χ0) is 19.4. The molecule has 1 aromatic carbocycles. The molecule has 2 aliphatic heterocycles. The molecule has 28 heavy (non-hydrogen) atoms. The molecule has 1 N–H and O–H groups in total. The van der Waals surface area contributed by atoms with Crippen LogP contribution >= 0.6 is 0 Å². The van der Waals surface area contributed by atoms with Gasteiger partial charge in [-0.15, -0.1) is 0 Å². The van der Waals surface area contributed by atoms with Gasteiger partial charge in [0.05, 0.1) is 0 Å². The Morgan fingerprint density at radius 3 is 2.75 bits per heavy atom. The fraction of sp³-hybridized carbons (Fsp3) is 0.565. The van der Waals surface area contributed by atoms with Crippen molar-refractivity contribution >= 4 is 11.8 Å². The van der Waals surface area contributed by atoms with Crippen molar-refractivity contribution in [3.8, 4) is 0 Å². The number of anilines is 2. The largest absolute Gasteiger partial charge is 0.357 e. The minimum atomic E-state index is 0.434. The van der Waals surface area contributed by atoms with Crippen LogP contribution in [0.5, 0.6) is 0 Å². The van der Waals surface area contributed by atoms with E-state index in [2.05, 4.69) is 56.5 Å². The monoisotopic (exact) mass is 379 g/mol. The average molecular weight is 380 g/mol. The fourth-order valence-electron chi connectivity index (χ4n) is 4.94. The quantitative estimate of drug-likeness (QED) is 0.828. The first-order valence-electron chi connectivity index (χ1n) is 10.7. The van der Waals surface area contributed by atoms with Crippen molar-refractivity contribution in [3.05, 3.63) is 47.7 Å². The van der Waals surface area contributed by atoms with E-state index >= 15 is 0 Å². The van der Waals surface area contributed by atoms with Gasteiger partial charge in [0.1, 0.15) is 5.82 Å². The molecule has 0 radical (unpaired) electrons. The molecule has 1 atom stereocenters. The summed E-state index contributed by atoms with van der Waals surface area (Å²) in [5.74, 6) is 1.80. The van der Waals surface area contributed by atoms with Crippen LogP contribution < -0.4 is 10.2 Å². The maximum Gasteiger partial charge on any atom is 0.224 e. The number of nitrogens with zero attached hydrogens (tertiary/aromatic N) is 4. The lowest BCUT2D eigenvalue weighted by molar-refractivity contribution is 0.104. The molecule has 150 valence electrons. The van der Waals surface area contributed by atoms with Crippen LogP contribution in [0.15, 0.2) is 36.4 Å². The van der Waals surface area contributed by atoms with Gasteiger partial charge in [-0.05, 0) is 57.7 Å². The molecule has 3 heterocycles. The normalized spacial score (nSPS) is 22.7. The van der Waals surface area contributed by atoms with E-state index in [1.807, 2.05) is 14.0 Å². The highest BCUT2D eigenvalue weighted by molar-refractivity contribution is 5.46. The zero-order valence-electron chi connectivity index (χ0n) is 17.3. The standard InChI is InChI=1S/C23H33N5/c1-19-16-21(26-22(24-2)25-19)28-15-12-23(18-28)11-7-14-27(17-23)13-6-10-20-8-4-3-5-9-20/h3-5,8-9,16H,6-7,10-15,17-18H2,1-2H3,(H,24,25,26)/t23-/m1/s1. The summed E-state index contributed by atoms with van der Waals surface area (Å²) in [6, 6.07) is 13.0. The molecule has 0 saturated carbocycles. The number of piperidine rings is 1. The number of benzene rings is 1. The van der Waals surface area contributed by atoms with Crippen LogP contribution in [0, 0.1) is 12.3 Å². The minimum absolute atomic E-state index is 0.434. The van der Waals surface area contributed by atoms with Gasteiger partial charge in [0, 0.05) is 43.9 Å². The molecule has 5 heteroatoms. The first-order chi connectivity index (χ1) is 13.7. The Balaban J connectivity index is 1.34. The van der Waals surface area contributed by atoms with Crippen molar-refractivity contribution in [2.24, 2.45) is 5.41 Å². The Bertz CT molecular complexity index is 778. The zero-order valence-corrected chi connectivity index (χ0v) is 17.3. The third-order valence-corrected chi connectivity index (χ3v) is 6.35. The second-order valence-corrected chi connectivity index (χ2v) is 8.58. The molecule has 1 spiro atoms. The molecular formula is C23H33N5. The van der Waals surface area contributed by atoms with Crippen molar-refractivity contribution in [1.82, 2.24) is 14.9 Å². The van der Waals surface area contributed by atoms with Crippen molar-refractivity contribution in [2.75, 3.05) is 50.0 Å². The van der Waals surface area contributed by atoms with Gasteiger partial charge in [-0.3, -0.25) is 0 Å². The smallest absolute Gasteiger partial charge is 0.224 e. The van der Waals surface area contributed by atoms with Crippen LogP contribution in [0.4, 0.5) is 11.8 Å². The third-order valence-electron chi connectivity index (χ3n) is 6.35. The van der Waals surface area contributed by atoms with Gasteiger partial charge in [-0.1, -0.05) is 30.3 Å².